The minimum atomic E-state index is 0.412. The molecule has 5 heteroatoms. The predicted molar refractivity (Wildman–Crippen MR) is 103 cm³/mol. The first-order valence-corrected chi connectivity index (χ1v) is 9.45. The quantitative estimate of drug-likeness (QED) is 0.471. The van der Waals surface area contributed by atoms with E-state index in [0.717, 1.165) is 34.3 Å². The van der Waals surface area contributed by atoms with Crippen LogP contribution in [0.3, 0.4) is 0 Å². The van der Waals surface area contributed by atoms with Crippen molar-refractivity contribution < 1.29 is 0 Å². The summed E-state index contributed by atoms with van der Waals surface area (Å²) in [5.74, 6) is 0. The zero-order valence-electron chi connectivity index (χ0n) is 13.1. The van der Waals surface area contributed by atoms with E-state index in [1.807, 2.05) is 60.8 Å². The largest absolute Gasteiger partial charge is 0.336 e. The minimum Gasteiger partial charge on any atom is -0.336 e. The van der Waals surface area contributed by atoms with Gasteiger partial charge in [-0.05, 0) is 42.7 Å². The van der Waals surface area contributed by atoms with E-state index in [1.54, 1.807) is 0 Å². The number of aryl methyl sites for hydroxylation is 1. The molecule has 0 aliphatic heterocycles. The van der Waals surface area contributed by atoms with E-state index < -0.39 is 0 Å². The van der Waals surface area contributed by atoms with E-state index in [9.17, 15) is 0 Å². The molecule has 124 valence electrons. The first-order chi connectivity index (χ1) is 11.7. The molecule has 0 amide bonds. The van der Waals surface area contributed by atoms with E-state index >= 15 is 0 Å². The maximum absolute atomic E-state index is 6.33. The van der Waals surface area contributed by atoms with E-state index in [2.05, 4.69) is 27.8 Å². The summed E-state index contributed by atoms with van der Waals surface area (Å²) < 4.78 is 2.12. The Balaban J connectivity index is 1.69. The van der Waals surface area contributed by atoms with Gasteiger partial charge in [0.15, 0.2) is 0 Å². The first-order valence-electron chi connectivity index (χ1n) is 7.82. The van der Waals surface area contributed by atoms with Gasteiger partial charge in [-0.3, -0.25) is 0 Å². The van der Waals surface area contributed by atoms with Crippen LogP contribution in [0.4, 0.5) is 0 Å². The lowest BCUT2D eigenvalue weighted by atomic mass is 10.1. The number of hydrogen-bond donors (Lipinski definition) is 0. The Morgan fingerprint density at radius 3 is 2.54 bits per heavy atom. The summed E-state index contributed by atoms with van der Waals surface area (Å²) in [6, 6.07) is 16.1. The van der Waals surface area contributed by atoms with Crippen molar-refractivity contribution in [2.45, 2.75) is 29.5 Å². The number of hydrogen-bond acceptors (Lipinski definition) is 2. The maximum Gasteiger partial charge on any atom is 0.0946 e. The number of thioether (sulfide) groups is 1. The molecule has 1 aromatic heterocycles. The van der Waals surface area contributed by atoms with Crippen LogP contribution in [0.25, 0.3) is 0 Å². The van der Waals surface area contributed by atoms with Crippen molar-refractivity contribution in [3.63, 3.8) is 0 Å². The van der Waals surface area contributed by atoms with E-state index in [4.69, 9.17) is 23.2 Å². The van der Waals surface area contributed by atoms with Crippen LogP contribution in [0.5, 0.6) is 0 Å². The zero-order valence-corrected chi connectivity index (χ0v) is 15.4. The van der Waals surface area contributed by atoms with Gasteiger partial charge in [0.1, 0.15) is 0 Å². The molecule has 0 spiro atoms. The highest BCUT2D eigenvalue weighted by Crippen LogP contribution is 2.33. The molecular formula is C19H18Cl2N2S. The van der Waals surface area contributed by atoms with Crippen molar-refractivity contribution in [3.05, 3.63) is 82.9 Å². The van der Waals surface area contributed by atoms with Crippen LogP contribution in [0.2, 0.25) is 10.0 Å². The van der Waals surface area contributed by atoms with Gasteiger partial charge >= 0.3 is 0 Å². The van der Waals surface area contributed by atoms with Crippen molar-refractivity contribution in [1.29, 1.82) is 0 Å². The topological polar surface area (TPSA) is 17.8 Å². The lowest BCUT2D eigenvalue weighted by Crippen LogP contribution is -2.13. The normalized spacial score (nSPS) is 12.2. The summed E-state index contributed by atoms with van der Waals surface area (Å²) in [7, 11) is 0. The Bertz CT molecular complexity index is 757. The van der Waals surface area contributed by atoms with E-state index in [-0.39, 0.29) is 0 Å². The summed E-state index contributed by atoms with van der Waals surface area (Å²) in [5, 5.41) is 2.00. The molecule has 0 radical (unpaired) electrons. The number of aromatic nitrogens is 2. The van der Waals surface area contributed by atoms with Crippen LogP contribution >= 0.6 is 35.0 Å². The van der Waals surface area contributed by atoms with Crippen LogP contribution in [0, 0.1) is 0 Å². The van der Waals surface area contributed by atoms with Crippen LogP contribution in [0.1, 0.15) is 12.0 Å². The Hall–Kier alpha value is -1.42. The van der Waals surface area contributed by atoms with Crippen molar-refractivity contribution in [1.82, 2.24) is 9.55 Å². The fraction of sp³-hybridized carbons (Fsp3) is 0.211. The smallest absolute Gasteiger partial charge is 0.0946 e. The highest BCUT2D eigenvalue weighted by atomic mass is 35.5. The van der Waals surface area contributed by atoms with Crippen molar-refractivity contribution in [3.8, 4) is 0 Å². The Morgan fingerprint density at radius 1 is 1.04 bits per heavy atom. The molecule has 0 aliphatic rings. The molecule has 0 saturated carbocycles. The number of benzene rings is 2. The molecule has 2 nitrogen and oxygen atoms in total. The second kappa shape index (κ2) is 8.61. The van der Waals surface area contributed by atoms with Gasteiger partial charge in [0.25, 0.3) is 0 Å². The van der Waals surface area contributed by atoms with Crippen LogP contribution in [-0.2, 0) is 13.0 Å². The lowest BCUT2D eigenvalue weighted by molar-refractivity contribution is 0.624. The first kappa shape index (κ1) is 17.4. The third-order valence-corrected chi connectivity index (χ3v) is 5.79. The Labute approximate surface area is 156 Å². The molecule has 3 rings (SSSR count). The molecule has 2 aromatic carbocycles. The predicted octanol–water partition coefficient (Wildman–Crippen LogP) is 5.98. The van der Waals surface area contributed by atoms with Gasteiger partial charge in [-0.1, -0.05) is 47.5 Å². The van der Waals surface area contributed by atoms with E-state index in [1.165, 1.54) is 5.56 Å². The average molecular weight is 377 g/mol. The summed E-state index contributed by atoms with van der Waals surface area (Å²) in [4.78, 5) is 5.27. The van der Waals surface area contributed by atoms with Gasteiger partial charge < -0.3 is 4.57 Å². The number of nitrogens with zero attached hydrogens (tertiary/aromatic N) is 2. The van der Waals surface area contributed by atoms with Crippen molar-refractivity contribution in [2.24, 2.45) is 0 Å². The summed E-state index contributed by atoms with van der Waals surface area (Å²) in [6.07, 6.45) is 7.74. The summed E-state index contributed by atoms with van der Waals surface area (Å²) in [5.41, 5.74) is 1.30. The summed E-state index contributed by atoms with van der Waals surface area (Å²) >= 11 is 14.1. The minimum absolute atomic E-state index is 0.412. The highest BCUT2D eigenvalue weighted by molar-refractivity contribution is 8.00. The van der Waals surface area contributed by atoms with Gasteiger partial charge in [0.05, 0.1) is 11.3 Å². The number of imidazole rings is 1. The average Bonchev–Trinajstić information content (AvgIpc) is 3.09. The molecule has 0 bridgehead atoms. The fourth-order valence-electron chi connectivity index (χ4n) is 2.52. The van der Waals surface area contributed by atoms with E-state index in [0.29, 0.717) is 5.25 Å². The molecule has 24 heavy (non-hydrogen) atoms. The number of halogens is 2. The third-order valence-electron chi connectivity index (χ3n) is 3.77. The molecule has 1 atom stereocenters. The SMILES string of the molecule is Clc1ccc(CCC(Cn2ccnc2)Sc2ccccc2Cl)cc1. The Kier molecular flexibility index (Phi) is 6.24. The molecule has 1 heterocycles. The molecular weight excluding hydrogens is 359 g/mol. The Morgan fingerprint density at radius 2 is 1.83 bits per heavy atom. The maximum atomic E-state index is 6.33. The molecule has 1 unspecified atom stereocenters. The van der Waals surface area contributed by atoms with Gasteiger partial charge in [-0.15, -0.1) is 11.8 Å². The van der Waals surface area contributed by atoms with Crippen LogP contribution in [0.15, 0.2) is 72.1 Å². The second-order valence-electron chi connectivity index (χ2n) is 5.59. The molecule has 0 saturated heterocycles. The molecule has 0 fully saturated rings. The lowest BCUT2D eigenvalue weighted by Gasteiger charge is -2.18. The van der Waals surface area contributed by atoms with Gasteiger partial charge in [-0.25, -0.2) is 4.98 Å². The third kappa shape index (κ3) is 5.04. The summed E-state index contributed by atoms with van der Waals surface area (Å²) in [6.45, 7) is 0.906. The van der Waals surface area contributed by atoms with Gasteiger partial charge in [0.2, 0.25) is 0 Å². The number of rotatable bonds is 7. The van der Waals surface area contributed by atoms with Crippen LogP contribution in [-0.4, -0.2) is 14.8 Å². The highest BCUT2D eigenvalue weighted by Gasteiger charge is 2.13. The van der Waals surface area contributed by atoms with Crippen molar-refractivity contribution in [2.75, 3.05) is 0 Å². The second-order valence-corrected chi connectivity index (χ2v) is 7.78. The molecule has 0 N–H and O–H groups in total. The van der Waals surface area contributed by atoms with Crippen molar-refractivity contribution >= 4 is 35.0 Å². The van der Waals surface area contributed by atoms with Gasteiger partial charge in [-0.2, -0.15) is 0 Å². The monoisotopic (exact) mass is 376 g/mol. The van der Waals surface area contributed by atoms with Crippen LogP contribution < -0.4 is 0 Å². The standard InChI is InChI=1S/C19H18Cl2N2S/c20-16-8-5-15(6-9-16)7-10-17(13-23-12-11-22-14-23)24-19-4-2-1-3-18(19)21/h1-6,8-9,11-12,14,17H,7,10,13H2. The molecule has 0 aliphatic carbocycles. The zero-order chi connectivity index (χ0) is 16.8. The fourth-order valence-corrected chi connectivity index (χ4v) is 4.09. The molecule has 3 aromatic rings. The van der Waals surface area contributed by atoms with Gasteiger partial charge in [0, 0.05) is 34.1 Å².